The third kappa shape index (κ3) is 2.76. The topological polar surface area (TPSA) is 0 Å². The van der Waals surface area contributed by atoms with Crippen molar-refractivity contribution in [2.75, 3.05) is 0 Å². The number of halogens is 1. The molecule has 0 saturated carbocycles. The third-order valence-corrected chi connectivity index (χ3v) is 3.66. The SMILES string of the molecule is CC1=C(Cl)C(=CCCc2ccccc2)CC1. The minimum atomic E-state index is 1.01. The number of benzene rings is 1. The Balaban J connectivity index is 1.91. The number of hydrogen-bond acceptors (Lipinski definition) is 0. The fourth-order valence-electron chi connectivity index (χ4n) is 2.07. The number of rotatable bonds is 3. The van der Waals surface area contributed by atoms with E-state index < -0.39 is 0 Å². The largest absolute Gasteiger partial charge is 0.0841 e. The number of aryl methyl sites for hydroxylation is 1. The van der Waals surface area contributed by atoms with Gasteiger partial charge in [-0.1, -0.05) is 53.6 Å². The molecule has 1 heteroatoms. The first-order valence-corrected chi connectivity index (χ1v) is 6.24. The van der Waals surface area contributed by atoms with E-state index in [1.54, 1.807) is 0 Å². The first kappa shape index (κ1) is 11.5. The van der Waals surface area contributed by atoms with Crippen LogP contribution in [0.2, 0.25) is 0 Å². The Morgan fingerprint density at radius 3 is 2.56 bits per heavy atom. The van der Waals surface area contributed by atoms with Crippen molar-refractivity contribution in [3.63, 3.8) is 0 Å². The van der Waals surface area contributed by atoms with Gasteiger partial charge in [0, 0.05) is 5.03 Å². The van der Waals surface area contributed by atoms with Crippen LogP contribution in [0.1, 0.15) is 31.7 Å². The molecule has 16 heavy (non-hydrogen) atoms. The van der Waals surface area contributed by atoms with Crippen LogP contribution in [0.25, 0.3) is 0 Å². The monoisotopic (exact) mass is 232 g/mol. The lowest BCUT2D eigenvalue weighted by molar-refractivity contribution is 0.960. The molecule has 0 saturated heterocycles. The zero-order chi connectivity index (χ0) is 11.4. The minimum Gasteiger partial charge on any atom is -0.0841 e. The molecule has 1 aliphatic rings. The van der Waals surface area contributed by atoms with Gasteiger partial charge >= 0.3 is 0 Å². The van der Waals surface area contributed by atoms with E-state index in [0.717, 1.165) is 30.7 Å². The van der Waals surface area contributed by atoms with Gasteiger partial charge in [-0.3, -0.25) is 0 Å². The highest BCUT2D eigenvalue weighted by Crippen LogP contribution is 2.33. The van der Waals surface area contributed by atoms with Gasteiger partial charge in [0.15, 0.2) is 0 Å². The Bertz CT molecular complexity index is 412. The van der Waals surface area contributed by atoms with Gasteiger partial charge in [0.2, 0.25) is 0 Å². The van der Waals surface area contributed by atoms with Gasteiger partial charge in [-0.05, 0) is 43.7 Å². The zero-order valence-corrected chi connectivity index (χ0v) is 10.4. The molecule has 0 N–H and O–H groups in total. The van der Waals surface area contributed by atoms with E-state index in [0.29, 0.717) is 0 Å². The second-order valence-electron chi connectivity index (χ2n) is 4.35. The average Bonchev–Trinajstić information content (AvgIpc) is 2.62. The van der Waals surface area contributed by atoms with Crippen molar-refractivity contribution in [1.29, 1.82) is 0 Å². The molecule has 0 unspecified atom stereocenters. The highest BCUT2D eigenvalue weighted by atomic mass is 35.5. The molecular weight excluding hydrogens is 216 g/mol. The summed E-state index contributed by atoms with van der Waals surface area (Å²) in [5, 5.41) is 1.01. The molecule has 0 spiro atoms. The summed E-state index contributed by atoms with van der Waals surface area (Å²) in [7, 11) is 0. The van der Waals surface area contributed by atoms with Crippen molar-refractivity contribution < 1.29 is 0 Å². The molecular formula is C15H17Cl. The van der Waals surface area contributed by atoms with Gasteiger partial charge in [0.05, 0.1) is 0 Å². The van der Waals surface area contributed by atoms with Crippen LogP contribution in [-0.2, 0) is 6.42 Å². The Kier molecular flexibility index (Phi) is 3.84. The highest BCUT2D eigenvalue weighted by molar-refractivity contribution is 6.32. The van der Waals surface area contributed by atoms with E-state index in [1.807, 2.05) is 0 Å². The van der Waals surface area contributed by atoms with Crippen molar-refractivity contribution in [3.05, 3.63) is 58.1 Å². The molecule has 0 nitrogen and oxygen atoms in total. The Hall–Kier alpha value is -1.01. The van der Waals surface area contributed by atoms with Crippen molar-refractivity contribution >= 4 is 11.6 Å². The van der Waals surface area contributed by atoms with Crippen LogP contribution >= 0.6 is 11.6 Å². The maximum Gasteiger partial charge on any atom is 0.0424 e. The highest BCUT2D eigenvalue weighted by Gasteiger charge is 2.13. The van der Waals surface area contributed by atoms with Gasteiger partial charge in [-0.25, -0.2) is 0 Å². The second-order valence-corrected chi connectivity index (χ2v) is 4.73. The molecule has 1 aliphatic carbocycles. The molecule has 0 aromatic heterocycles. The van der Waals surface area contributed by atoms with Gasteiger partial charge < -0.3 is 0 Å². The van der Waals surface area contributed by atoms with Crippen LogP contribution in [-0.4, -0.2) is 0 Å². The number of hydrogen-bond donors (Lipinski definition) is 0. The third-order valence-electron chi connectivity index (χ3n) is 3.09. The maximum atomic E-state index is 6.22. The van der Waals surface area contributed by atoms with E-state index >= 15 is 0 Å². The lowest BCUT2D eigenvalue weighted by Gasteiger charge is -2.00. The van der Waals surface area contributed by atoms with Gasteiger partial charge in [0.1, 0.15) is 0 Å². The Morgan fingerprint density at radius 1 is 1.19 bits per heavy atom. The molecule has 0 heterocycles. The predicted octanol–water partition coefficient (Wildman–Crippen LogP) is 4.85. The van der Waals surface area contributed by atoms with E-state index in [2.05, 4.69) is 43.3 Å². The summed E-state index contributed by atoms with van der Waals surface area (Å²) in [6, 6.07) is 10.6. The smallest absolute Gasteiger partial charge is 0.0424 e. The summed E-state index contributed by atoms with van der Waals surface area (Å²) in [5.74, 6) is 0. The molecule has 0 atom stereocenters. The van der Waals surface area contributed by atoms with Crippen LogP contribution in [0.4, 0.5) is 0 Å². The van der Waals surface area contributed by atoms with Crippen LogP contribution in [0.5, 0.6) is 0 Å². The lowest BCUT2D eigenvalue weighted by Crippen LogP contribution is -1.83. The van der Waals surface area contributed by atoms with E-state index in [9.17, 15) is 0 Å². The van der Waals surface area contributed by atoms with Crippen LogP contribution in [0.15, 0.2) is 52.6 Å². The van der Waals surface area contributed by atoms with Crippen LogP contribution < -0.4 is 0 Å². The van der Waals surface area contributed by atoms with Gasteiger partial charge in [0.25, 0.3) is 0 Å². The predicted molar refractivity (Wildman–Crippen MR) is 70.6 cm³/mol. The summed E-state index contributed by atoms with van der Waals surface area (Å²) in [6.07, 6.45) is 6.75. The van der Waals surface area contributed by atoms with E-state index in [-0.39, 0.29) is 0 Å². The van der Waals surface area contributed by atoms with E-state index in [1.165, 1.54) is 16.7 Å². The minimum absolute atomic E-state index is 1.01. The summed E-state index contributed by atoms with van der Waals surface area (Å²) >= 11 is 6.22. The van der Waals surface area contributed by atoms with Crippen molar-refractivity contribution in [2.45, 2.75) is 32.6 Å². The fraction of sp³-hybridized carbons (Fsp3) is 0.333. The molecule has 0 aliphatic heterocycles. The number of allylic oxidation sites excluding steroid dienone is 4. The average molecular weight is 233 g/mol. The van der Waals surface area contributed by atoms with Gasteiger partial charge in [-0.2, -0.15) is 0 Å². The fourth-order valence-corrected chi connectivity index (χ4v) is 2.33. The Labute approximate surface area is 103 Å². The van der Waals surface area contributed by atoms with E-state index in [4.69, 9.17) is 11.6 Å². The van der Waals surface area contributed by atoms with Crippen LogP contribution in [0, 0.1) is 0 Å². The molecule has 84 valence electrons. The van der Waals surface area contributed by atoms with Crippen LogP contribution in [0.3, 0.4) is 0 Å². The van der Waals surface area contributed by atoms with Crippen molar-refractivity contribution in [1.82, 2.24) is 0 Å². The quantitative estimate of drug-likeness (QED) is 0.699. The normalized spacial score (nSPS) is 18.5. The standard InChI is InChI=1S/C15H17Cl/c1-12-10-11-14(15(12)16)9-5-8-13-6-3-2-4-7-13/h2-4,6-7,9H,5,8,10-11H2,1H3. The van der Waals surface area contributed by atoms with Crippen molar-refractivity contribution in [2.24, 2.45) is 0 Å². The molecule has 0 radical (unpaired) electrons. The molecule has 1 aromatic carbocycles. The zero-order valence-electron chi connectivity index (χ0n) is 9.67. The summed E-state index contributed by atoms with van der Waals surface area (Å²) in [5.41, 5.74) is 4.08. The summed E-state index contributed by atoms with van der Waals surface area (Å²) < 4.78 is 0. The summed E-state index contributed by atoms with van der Waals surface area (Å²) in [4.78, 5) is 0. The molecule has 0 bridgehead atoms. The first-order chi connectivity index (χ1) is 7.77. The summed E-state index contributed by atoms with van der Waals surface area (Å²) in [6.45, 7) is 2.13. The Morgan fingerprint density at radius 2 is 1.94 bits per heavy atom. The molecule has 2 rings (SSSR count). The molecule has 0 fully saturated rings. The van der Waals surface area contributed by atoms with Gasteiger partial charge in [-0.15, -0.1) is 0 Å². The maximum absolute atomic E-state index is 6.22. The lowest BCUT2D eigenvalue weighted by atomic mass is 10.1. The van der Waals surface area contributed by atoms with Crippen molar-refractivity contribution in [3.8, 4) is 0 Å². The second kappa shape index (κ2) is 5.36. The molecule has 0 amide bonds. The first-order valence-electron chi connectivity index (χ1n) is 5.86. The molecule has 1 aromatic rings.